The number of nitrogens with one attached hydrogen (secondary N) is 1. The highest BCUT2D eigenvalue weighted by atomic mass is 79.9. The molecule has 1 aromatic carbocycles. The van der Waals surface area contributed by atoms with Crippen molar-refractivity contribution in [2.75, 3.05) is 13.1 Å². The molecule has 0 fully saturated rings. The summed E-state index contributed by atoms with van der Waals surface area (Å²) < 4.78 is 13.9. The van der Waals surface area contributed by atoms with E-state index in [0.717, 1.165) is 36.0 Å². The summed E-state index contributed by atoms with van der Waals surface area (Å²) in [6.07, 6.45) is 7.21. The van der Waals surface area contributed by atoms with Crippen molar-refractivity contribution in [3.63, 3.8) is 0 Å². The SMILES string of the molecule is CCCNCCC=CCc1cc(F)cc(Br)c1. The summed E-state index contributed by atoms with van der Waals surface area (Å²) in [5.41, 5.74) is 0.995. The molecule has 0 aliphatic rings. The van der Waals surface area contributed by atoms with Crippen molar-refractivity contribution in [1.29, 1.82) is 0 Å². The molecule has 0 spiro atoms. The van der Waals surface area contributed by atoms with Gasteiger partial charge < -0.3 is 5.32 Å². The zero-order valence-corrected chi connectivity index (χ0v) is 11.8. The van der Waals surface area contributed by atoms with E-state index in [9.17, 15) is 4.39 Å². The van der Waals surface area contributed by atoms with E-state index in [1.807, 2.05) is 6.07 Å². The smallest absolute Gasteiger partial charge is 0.124 e. The van der Waals surface area contributed by atoms with E-state index in [2.05, 4.69) is 40.3 Å². The molecule has 1 aromatic rings. The highest BCUT2D eigenvalue weighted by Crippen LogP contribution is 2.15. The van der Waals surface area contributed by atoms with E-state index in [1.165, 1.54) is 12.5 Å². The van der Waals surface area contributed by atoms with Crippen LogP contribution in [0.5, 0.6) is 0 Å². The summed E-state index contributed by atoms with van der Waals surface area (Å²) in [4.78, 5) is 0. The molecule has 0 atom stereocenters. The van der Waals surface area contributed by atoms with Crippen LogP contribution in [-0.2, 0) is 6.42 Å². The third-order valence-electron chi connectivity index (χ3n) is 2.36. The Bertz CT molecular complexity index is 343. The van der Waals surface area contributed by atoms with Crippen LogP contribution in [0.3, 0.4) is 0 Å². The summed E-state index contributed by atoms with van der Waals surface area (Å²) in [6.45, 7) is 4.24. The summed E-state index contributed by atoms with van der Waals surface area (Å²) in [7, 11) is 0. The summed E-state index contributed by atoms with van der Waals surface area (Å²) >= 11 is 3.29. The van der Waals surface area contributed by atoms with Crippen LogP contribution < -0.4 is 5.32 Å². The van der Waals surface area contributed by atoms with Crippen molar-refractivity contribution in [1.82, 2.24) is 5.32 Å². The van der Waals surface area contributed by atoms with E-state index in [4.69, 9.17) is 0 Å². The molecular weight excluding hydrogens is 281 g/mol. The maximum absolute atomic E-state index is 13.1. The molecule has 0 aliphatic carbocycles. The van der Waals surface area contributed by atoms with Gasteiger partial charge in [-0.3, -0.25) is 0 Å². The van der Waals surface area contributed by atoms with Gasteiger partial charge in [0.2, 0.25) is 0 Å². The summed E-state index contributed by atoms with van der Waals surface area (Å²) in [6, 6.07) is 5.00. The van der Waals surface area contributed by atoms with E-state index in [-0.39, 0.29) is 5.82 Å². The number of hydrogen-bond donors (Lipinski definition) is 1. The first kappa shape index (κ1) is 14.4. The number of benzene rings is 1. The van der Waals surface area contributed by atoms with E-state index >= 15 is 0 Å². The monoisotopic (exact) mass is 299 g/mol. The lowest BCUT2D eigenvalue weighted by Gasteiger charge is -2.00. The zero-order chi connectivity index (χ0) is 12.5. The first-order chi connectivity index (χ1) is 8.22. The van der Waals surface area contributed by atoms with E-state index in [0.29, 0.717) is 0 Å². The van der Waals surface area contributed by atoms with E-state index < -0.39 is 0 Å². The number of hydrogen-bond acceptors (Lipinski definition) is 1. The standard InChI is InChI=1S/C14H19BrFN/c1-2-7-17-8-5-3-4-6-12-9-13(15)11-14(16)10-12/h3-4,9-11,17H,2,5-8H2,1H3. The molecule has 0 heterocycles. The number of rotatable bonds is 7. The maximum atomic E-state index is 13.1. The Morgan fingerprint density at radius 2 is 2.06 bits per heavy atom. The van der Waals surface area contributed by atoms with E-state index in [1.54, 1.807) is 6.07 Å². The molecule has 0 unspecified atom stereocenters. The number of allylic oxidation sites excluding steroid dienone is 1. The molecular formula is C14H19BrFN. The Kier molecular flexibility index (Phi) is 7.13. The van der Waals surface area contributed by atoms with Crippen molar-refractivity contribution >= 4 is 15.9 Å². The van der Waals surface area contributed by atoms with Crippen molar-refractivity contribution in [2.24, 2.45) is 0 Å². The fourth-order valence-corrected chi connectivity index (χ4v) is 2.07. The highest BCUT2D eigenvalue weighted by molar-refractivity contribution is 9.10. The molecule has 0 saturated carbocycles. The third kappa shape index (κ3) is 6.59. The maximum Gasteiger partial charge on any atom is 0.124 e. The molecule has 3 heteroatoms. The Balaban J connectivity index is 2.27. The van der Waals surface area contributed by atoms with Gasteiger partial charge in [0.15, 0.2) is 0 Å². The van der Waals surface area contributed by atoms with Gasteiger partial charge in [-0.25, -0.2) is 4.39 Å². The first-order valence-corrected chi connectivity index (χ1v) is 6.82. The topological polar surface area (TPSA) is 12.0 Å². The lowest BCUT2D eigenvalue weighted by atomic mass is 10.1. The van der Waals surface area contributed by atoms with Crippen LogP contribution in [0.25, 0.3) is 0 Å². The molecule has 1 nitrogen and oxygen atoms in total. The molecule has 0 amide bonds. The third-order valence-corrected chi connectivity index (χ3v) is 2.81. The summed E-state index contributed by atoms with van der Waals surface area (Å²) in [5, 5.41) is 3.33. The molecule has 94 valence electrons. The van der Waals surface area contributed by atoms with Gasteiger partial charge >= 0.3 is 0 Å². The Morgan fingerprint density at radius 3 is 2.76 bits per heavy atom. The van der Waals surface area contributed by atoms with Gasteiger partial charge in [-0.05, 0) is 56.1 Å². The Labute approximate surface area is 111 Å². The second-order valence-electron chi connectivity index (χ2n) is 3.99. The van der Waals surface area contributed by atoms with Crippen LogP contribution in [-0.4, -0.2) is 13.1 Å². The van der Waals surface area contributed by atoms with Crippen LogP contribution in [0.2, 0.25) is 0 Å². The predicted molar refractivity (Wildman–Crippen MR) is 74.7 cm³/mol. The normalized spacial score (nSPS) is 11.2. The minimum absolute atomic E-state index is 0.188. The van der Waals surface area contributed by atoms with Gasteiger partial charge in [-0.2, -0.15) is 0 Å². The molecule has 0 radical (unpaired) electrons. The molecule has 0 saturated heterocycles. The zero-order valence-electron chi connectivity index (χ0n) is 10.2. The first-order valence-electron chi connectivity index (χ1n) is 6.03. The van der Waals surface area contributed by atoms with Crippen LogP contribution >= 0.6 is 15.9 Å². The lowest BCUT2D eigenvalue weighted by molar-refractivity contribution is 0.625. The highest BCUT2D eigenvalue weighted by Gasteiger charge is 1.96. The Hall–Kier alpha value is -0.670. The van der Waals surface area contributed by atoms with Gasteiger partial charge in [-0.1, -0.05) is 35.0 Å². The second-order valence-corrected chi connectivity index (χ2v) is 4.91. The van der Waals surface area contributed by atoms with Gasteiger partial charge in [0, 0.05) is 4.47 Å². The predicted octanol–water partition coefficient (Wildman–Crippen LogP) is 4.08. The number of halogens is 2. The molecule has 0 aromatic heterocycles. The molecule has 1 rings (SSSR count). The minimum atomic E-state index is -0.188. The van der Waals surface area contributed by atoms with Crippen LogP contribution in [0, 0.1) is 5.82 Å². The second kappa shape index (κ2) is 8.43. The van der Waals surface area contributed by atoms with Crippen LogP contribution in [0.15, 0.2) is 34.8 Å². The van der Waals surface area contributed by atoms with Gasteiger partial charge in [0.05, 0.1) is 0 Å². The van der Waals surface area contributed by atoms with Gasteiger partial charge in [0.1, 0.15) is 5.82 Å². The van der Waals surface area contributed by atoms with Crippen LogP contribution in [0.1, 0.15) is 25.3 Å². The minimum Gasteiger partial charge on any atom is -0.316 e. The molecule has 1 N–H and O–H groups in total. The summed E-state index contributed by atoms with van der Waals surface area (Å²) in [5.74, 6) is -0.188. The molecule has 17 heavy (non-hydrogen) atoms. The quantitative estimate of drug-likeness (QED) is 0.591. The van der Waals surface area contributed by atoms with Crippen molar-refractivity contribution < 1.29 is 4.39 Å². The lowest BCUT2D eigenvalue weighted by Crippen LogP contribution is -2.14. The molecule has 0 aliphatic heterocycles. The largest absolute Gasteiger partial charge is 0.316 e. The average molecular weight is 300 g/mol. The van der Waals surface area contributed by atoms with Crippen LogP contribution in [0.4, 0.5) is 4.39 Å². The van der Waals surface area contributed by atoms with Crippen molar-refractivity contribution in [3.05, 3.63) is 46.2 Å². The van der Waals surface area contributed by atoms with Crippen molar-refractivity contribution in [2.45, 2.75) is 26.2 Å². The Morgan fingerprint density at radius 1 is 1.24 bits per heavy atom. The van der Waals surface area contributed by atoms with Crippen molar-refractivity contribution in [3.8, 4) is 0 Å². The van der Waals surface area contributed by atoms with Gasteiger partial charge in [0.25, 0.3) is 0 Å². The van der Waals surface area contributed by atoms with Gasteiger partial charge in [-0.15, -0.1) is 0 Å². The fraction of sp³-hybridized carbons (Fsp3) is 0.429. The molecule has 0 bridgehead atoms. The fourth-order valence-electron chi connectivity index (χ4n) is 1.55. The average Bonchev–Trinajstić information content (AvgIpc) is 2.26.